The van der Waals surface area contributed by atoms with Gasteiger partial charge >= 0.3 is 5.97 Å². The number of allylic oxidation sites excluding steroid dienone is 1. The number of carbonyl (C=O) groups is 1. The molecular formula is C13H16O3. The Balaban J connectivity index is 2.63. The lowest BCUT2D eigenvalue weighted by Crippen LogP contribution is -2.09. The number of hydrogen-bond donors (Lipinski definition) is 1. The maximum absolute atomic E-state index is 10.3. The van der Waals surface area contributed by atoms with Gasteiger partial charge in [-0.15, -0.1) is 6.58 Å². The van der Waals surface area contributed by atoms with Crippen LogP contribution in [0.1, 0.15) is 12.5 Å². The van der Waals surface area contributed by atoms with E-state index in [1.54, 1.807) is 6.07 Å². The SMILES string of the molecule is C=CC(C)Cc1cccc(OCC(=O)O)c1. The minimum atomic E-state index is -0.968. The van der Waals surface area contributed by atoms with Gasteiger partial charge in [-0.1, -0.05) is 25.1 Å². The molecule has 0 heterocycles. The fourth-order valence-electron chi connectivity index (χ4n) is 1.36. The first-order valence-corrected chi connectivity index (χ1v) is 5.18. The molecule has 0 fully saturated rings. The van der Waals surface area contributed by atoms with Crippen molar-refractivity contribution in [3.05, 3.63) is 42.5 Å². The van der Waals surface area contributed by atoms with Gasteiger partial charge in [0.1, 0.15) is 5.75 Å². The molecule has 0 radical (unpaired) electrons. The van der Waals surface area contributed by atoms with Gasteiger partial charge in [0.15, 0.2) is 6.61 Å². The van der Waals surface area contributed by atoms with E-state index in [1.165, 1.54) is 0 Å². The maximum Gasteiger partial charge on any atom is 0.341 e. The molecule has 0 spiro atoms. The minimum absolute atomic E-state index is 0.305. The van der Waals surface area contributed by atoms with Crippen LogP contribution in [0.3, 0.4) is 0 Å². The average Bonchev–Trinajstić information content (AvgIpc) is 2.26. The van der Waals surface area contributed by atoms with Crippen molar-refractivity contribution in [2.75, 3.05) is 6.61 Å². The molecule has 3 heteroatoms. The summed E-state index contributed by atoms with van der Waals surface area (Å²) in [4.78, 5) is 10.3. The Morgan fingerprint density at radius 1 is 1.62 bits per heavy atom. The number of rotatable bonds is 6. The Kier molecular flexibility index (Phi) is 4.58. The molecule has 16 heavy (non-hydrogen) atoms. The highest BCUT2D eigenvalue weighted by molar-refractivity contribution is 5.68. The normalized spacial score (nSPS) is 11.8. The summed E-state index contributed by atoms with van der Waals surface area (Å²) in [6.45, 7) is 5.51. The van der Waals surface area contributed by atoms with Gasteiger partial charge in [0, 0.05) is 0 Å². The van der Waals surface area contributed by atoms with Crippen LogP contribution >= 0.6 is 0 Å². The Morgan fingerprint density at radius 3 is 3.00 bits per heavy atom. The summed E-state index contributed by atoms with van der Waals surface area (Å²) in [6, 6.07) is 7.48. The van der Waals surface area contributed by atoms with Gasteiger partial charge in [-0.2, -0.15) is 0 Å². The number of hydrogen-bond acceptors (Lipinski definition) is 2. The molecule has 1 aromatic rings. The second-order valence-electron chi connectivity index (χ2n) is 3.75. The lowest BCUT2D eigenvalue weighted by molar-refractivity contribution is -0.139. The van der Waals surface area contributed by atoms with Crippen molar-refractivity contribution in [3.8, 4) is 5.75 Å². The number of benzene rings is 1. The van der Waals surface area contributed by atoms with Gasteiger partial charge in [-0.3, -0.25) is 0 Å². The van der Waals surface area contributed by atoms with Crippen LogP contribution in [-0.4, -0.2) is 17.7 Å². The van der Waals surface area contributed by atoms with Crippen molar-refractivity contribution in [1.82, 2.24) is 0 Å². The Labute approximate surface area is 95.4 Å². The molecule has 1 atom stereocenters. The van der Waals surface area contributed by atoms with Crippen molar-refractivity contribution in [2.24, 2.45) is 5.92 Å². The summed E-state index contributed by atoms with van der Waals surface area (Å²) >= 11 is 0. The molecule has 0 saturated carbocycles. The van der Waals surface area contributed by atoms with E-state index in [0.29, 0.717) is 11.7 Å². The predicted octanol–water partition coefficient (Wildman–Crippen LogP) is 2.51. The van der Waals surface area contributed by atoms with E-state index in [1.807, 2.05) is 24.3 Å². The zero-order valence-electron chi connectivity index (χ0n) is 9.35. The summed E-state index contributed by atoms with van der Waals surface area (Å²) in [7, 11) is 0. The Bertz CT molecular complexity index is 371. The summed E-state index contributed by atoms with van der Waals surface area (Å²) in [5, 5.41) is 8.49. The predicted molar refractivity (Wildman–Crippen MR) is 62.6 cm³/mol. The molecule has 0 bridgehead atoms. The third-order valence-electron chi connectivity index (χ3n) is 2.22. The lowest BCUT2D eigenvalue weighted by Gasteiger charge is -2.08. The van der Waals surface area contributed by atoms with Crippen LogP contribution in [-0.2, 0) is 11.2 Å². The second kappa shape index (κ2) is 5.95. The third-order valence-corrected chi connectivity index (χ3v) is 2.22. The number of carboxylic acids is 1. The Hall–Kier alpha value is -1.77. The van der Waals surface area contributed by atoms with Crippen molar-refractivity contribution < 1.29 is 14.6 Å². The summed E-state index contributed by atoms with van der Waals surface area (Å²) in [5.74, 6) is 0.0238. The van der Waals surface area contributed by atoms with E-state index in [0.717, 1.165) is 12.0 Å². The van der Waals surface area contributed by atoms with Gasteiger partial charge < -0.3 is 9.84 Å². The smallest absolute Gasteiger partial charge is 0.341 e. The average molecular weight is 220 g/mol. The van der Waals surface area contributed by atoms with E-state index in [9.17, 15) is 4.79 Å². The van der Waals surface area contributed by atoms with E-state index in [-0.39, 0.29) is 6.61 Å². The molecule has 0 aromatic heterocycles. The zero-order valence-corrected chi connectivity index (χ0v) is 9.35. The largest absolute Gasteiger partial charge is 0.482 e. The van der Waals surface area contributed by atoms with Crippen LogP contribution in [0.25, 0.3) is 0 Å². The Morgan fingerprint density at radius 2 is 2.38 bits per heavy atom. The molecule has 1 aromatic carbocycles. The molecule has 86 valence electrons. The second-order valence-corrected chi connectivity index (χ2v) is 3.75. The topological polar surface area (TPSA) is 46.5 Å². The highest BCUT2D eigenvalue weighted by atomic mass is 16.5. The van der Waals surface area contributed by atoms with Crippen LogP contribution < -0.4 is 4.74 Å². The molecule has 0 aliphatic rings. The summed E-state index contributed by atoms with van der Waals surface area (Å²) in [6.07, 6.45) is 2.78. The third kappa shape index (κ3) is 4.17. The molecule has 0 saturated heterocycles. The molecular weight excluding hydrogens is 204 g/mol. The van der Waals surface area contributed by atoms with E-state index >= 15 is 0 Å². The quantitative estimate of drug-likeness (QED) is 0.749. The van der Waals surface area contributed by atoms with Crippen molar-refractivity contribution >= 4 is 5.97 Å². The van der Waals surface area contributed by atoms with Crippen LogP contribution in [0.4, 0.5) is 0 Å². The van der Waals surface area contributed by atoms with E-state index in [2.05, 4.69) is 13.5 Å². The first kappa shape index (κ1) is 12.3. The fraction of sp³-hybridized carbons (Fsp3) is 0.308. The first-order chi connectivity index (χ1) is 7.61. The van der Waals surface area contributed by atoms with Crippen LogP contribution in [0.2, 0.25) is 0 Å². The fourth-order valence-corrected chi connectivity index (χ4v) is 1.36. The van der Waals surface area contributed by atoms with Gasteiger partial charge in [-0.05, 0) is 30.0 Å². The standard InChI is InChI=1S/C13H16O3/c1-3-10(2)7-11-5-4-6-12(8-11)16-9-13(14)15/h3-6,8,10H,1,7,9H2,2H3,(H,14,15). The van der Waals surface area contributed by atoms with Gasteiger partial charge in [0.05, 0.1) is 0 Å². The van der Waals surface area contributed by atoms with Crippen LogP contribution in [0, 0.1) is 5.92 Å². The monoisotopic (exact) mass is 220 g/mol. The van der Waals surface area contributed by atoms with Crippen LogP contribution in [0.5, 0.6) is 5.75 Å². The van der Waals surface area contributed by atoms with Crippen molar-refractivity contribution in [3.63, 3.8) is 0 Å². The highest BCUT2D eigenvalue weighted by Crippen LogP contribution is 2.16. The van der Waals surface area contributed by atoms with Gasteiger partial charge in [-0.25, -0.2) is 4.79 Å². The number of carboxylic acid groups (broad SMARTS) is 1. The van der Waals surface area contributed by atoms with Crippen molar-refractivity contribution in [2.45, 2.75) is 13.3 Å². The molecule has 0 amide bonds. The van der Waals surface area contributed by atoms with E-state index < -0.39 is 5.97 Å². The minimum Gasteiger partial charge on any atom is -0.482 e. The summed E-state index contributed by atoms with van der Waals surface area (Å²) < 4.78 is 5.10. The highest BCUT2D eigenvalue weighted by Gasteiger charge is 2.02. The van der Waals surface area contributed by atoms with E-state index in [4.69, 9.17) is 9.84 Å². The number of aliphatic carboxylic acids is 1. The molecule has 1 N–H and O–H groups in total. The lowest BCUT2D eigenvalue weighted by atomic mass is 10.0. The molecule has 0 aliphatic carbocycles. The summed E-state index contributed by atoms with van der Waals surface area (Å²) in [5.41, 5.74) is 1.12. The first-order valence-electron chi connectivity index (χ1n) is 5.18. The molecule has 1 rings (SSSR count). The maximum atomic E-state index is 10.3. The van der Waals surface area contributed by atoms with Crippen molar-refractivity contribution in [1.29, 1.82) is 0 Å². The van der Waals surface area contributed by atoms with Gasteiger partial charge in [0.2, 0.25) is 0 Å². The zero-order chi connectivity index (χ0) is 12.0. The van der Waals surface area contributed by atoms with Gasteiger partial charge in [0.25, 0.3) is 0 Å². The van der Waals surface area contributed by atoms with Crippen LogP contribution in [0.15, 0.2) is 36.9 Å². The molecule has 3 nitrogen and oxygen atoms in total. The molecule has 1 unspecified atom stereocenters. The molecule has 0 aliphatic heterocycles. The number of ether oxygens (including phenoxy) is 1.